The molecule has 364 valence electrons. The predicted octanol–water partition coefficient (Wildman–Crippen LogP) is 12.0. The summed E-state index contributed by atoms with van der Waals surface area (Å²) in [5, 5.41) is 3.17. The number of imide groups is 2. The molecule has 9 nitrogen and oxygen atoms in total. The maximum atomic E-state index is 15.7. The fourth-order valence-corrected chi connectivity index (χ4v) is 10.2. The molecule has 4 heterocycles. The number of piperidine rings is 1. The Bertz CT molecular complexity index is 2290. The number of aldehydes is 1. The van der Waals surface area contributed by atoms with E-state index in [1.165, 1.54) is 44.7 Å². The minimum atomic E-state index is -2.61. The Labute approximate surface area is 393 Å². The van der Waals surface area contributed by atoms with E-state index in [-0.39, 0.29) is 36.3 Å². The molecule has 2 fully saturated rings. The topological polar surface area (TPSA) is 120 Å². The van der Waals surface area contributed by atoms with Gasteiger partial charge in [-0.2, -0.15) is 0 Å². The fraction of sp³-hybridized carbons (Fsp3) is 0.537. The molecule has 1 saturated heterocycles. The number of benzene rings is 3. The zero-order chi connectivity index (χ0) is 49.1. The first kappa shape index (κ1) is 52.8. The summed E-state index contributed by atoms with van der Waals surface area (Å²) >= 11 is 0. The summed E-state index contributed by atoms with van der Waals surface area (Å²) in [5.41, 5.74) is 5.70. The third-order valence-electron chi connectivity index (χ3n) is 13.8. The van der Waals surface area contributed by atoms with Gasteiger partial charge in [-0.05, 0) is 123 Å². The number of hydrogen-bond donors (Lipinski definition) is 2. The lowest BCUT2D eigenvalue weighted by Crippen LogP contribution is -2.54. The smallest absolute Gasteiger partial charge is 0.262 e. The summed E-state index contributed by atoms with van der Waals surface area (Å²) < 4.78 is 58.4. The molecule has 1 aliphatic carbocycles. The van der Waals surface area contributed by atoms with E-state index in [1.807, 2.05) is 45.0 Å². The van der Waals surface area contributed by atoms with Gasteiger partial charge in [0.15, 0.2) is 0 Å². The highest BCUT2D eigenvalue weighted by molar-refractivity contribution is 6.23. The number of amides is 4. The maximum Gasteiger partial charge on any atom is 0.262 e. The molecule has 0 radical (unpaired) electrons. The van der Waals surface area contributed by atoms with Crippen molar-refractivity contribution in [3.05, 3.63) is 105 Å². The molecule has 1 saturated carbocycles. The van der Waals surface area contributed by atoms with Crippen LogP contribution in [0.2, 0.25) is 0 Å². The first-order valence-electron chi connectivity index (χ1n) is 24.4. The van der Waals surface area contributed by atoms with E-state index >= 15 is 8.78 Å². The first-order chi connectivity index (χ1) is 32.0. The summed E-state index contributed by atoms with van der Waals surface area (Å²) in [6.07, 6.45) is 10.0. The second-order valence-electron chi connectivity index (χ2n) is 18.7. The monoisotopic (exact) mass is 931 g/mol. The van der Waals surface area contributed by atoms with Crippen LogP contribution in [0.3, 0.4) is 0 Å². The van der Waals surface area contributed by atoms with E-state index in [0.717, 1.165) is 89.1 Å². The molecule has 3 aliphatic heterocycles. The lowest BCUT2D eigenvalue weighted by molar-refractivity contribution is -0.136. The zero-order valence-corrected chi connectivity index (χ0v) is 40.6. The van der Waals surface area contributed by atoms with Gasteiger partial charge in [0.25, 0.3) is 18.2 Å². The number of carbonyl (C=O) groups excluding carboxylic acids is 5. The zero-order valence-electron chi connectivity index (χ0n) is 40.6. The summed E-state index contributed by atoms with van der Waals surface area (Å²) in [6, 6.07) is 11.9. The van der Waals surface area contributed by atoms with Crippen molar-refractivity contribution in [2.75, 3.05) is 6.54 Å². The second kappa shape index (κ2) is 24.2. The Morgan fingerprint density at radius 3 is 1.78 bits per heavy atom. The molecule has 2 N–H and O–H groups in total. The van der Waals surface area contributed by atoms with Crippen LogP contribution in [0, 0.1) is 23.5 Å². The van der Waals surface area contributed by atoms with Crippen molar-refractivity contribution >= 4 is 40.8 Å². The molecule has 2 unspecified atom stereocenters. The Hall–Kier alpha value is -5.17. The van der Waals surface area contributed by atoms with Gasteiger partial charge in [-0.15, -0.1) is 0 Å². The van der Waals surface area contributed by atoms with Crippen LogP contribution in [0.25, 0.3) is 10.9 Å². The van der Waals surface area contributed by atoms with Gasteiger partial charge in [-0.25, -0.2) is 17.6 Å². The number of hydrogen-bond acceptors (Lipinski definition) is 6. The second-order valence-corrected chi connectivity index (χ2v) is 18.7. The van der Waals surface area contributed by atoms with E-state index in [1.54, 1.807) is 17.0 Å². The van der Waals surface area contributed by atoms with Gasteiger partial charge in [0.2, 0.25) is 11.8 Å². The number of alkyl halides is 2. The van der Waals surface area contributed by atoms with E-state index < -0.39 is 54.4 Å². The van der Waals surface area contributed by atoms with Gasteiger partial charge >= 0.3 is 0 Å². The maximum absolute atomic E-state index is 15.7. The molecule has 4 aromatic rings. The molecule has 3 atom stereocenters. The van der Waals surface area contributed by atoms with Crippen LogP contribution in [0.1, 0.15) is 186 Å². The highest BCUT2D eigenvalue weighted by Crippen LogP contribution is 2.43. The van der Waals surface area contributed by atoms with Gasteiger partial charge in [-0.3, -0.25) is 34.3 Å². The fourth-order valence-electron chi connectivity index (χ4n) is 10.2. The lowest BCUT2D eigenvalue weighted by Gasteiger charge is -2.41. The number of nitrogens with one attached hydrogen (secondary N) is 2. The highest BCUT2D eigenvalue weighted by atomic mass is 19.3. The average molecular weight is 931 g/mol. The van der Waals surface area contributed by atoms with E-state index in [0.29, 0.717) is 28.8 Å². The molecule has 4 aliphatic rings. The van der Waals surface area contributed by atoms with Gasteiger partial charge in [-0.1, -0.05) is 98.3 Å². The summed E-state index contributed by atoms with van der Waals surface area (Å²) in [6.45, 7) is 15.6. The molecule has 4 amide bonds. The predicted molar refractivity (Wildman–Crippen MR) is 255 cm³/mol. The third-order valence-corrected chi connectivity index (χ3v) is 13.8. The highest BCUT2D eigenvalue weighted by Gasteiger charge is 2.45. The quantitative estimate of drug-likeness (QED) is 0.0878. The number of carbonyl (C=O) groups is 5. The molecule has 1 aromatic heterocycles. The number of nitrogens with zero attached hydrogens (tertiary/aromatic N) is 2. The van der Waals surface area contributed by atoms with Gasteiger partial charge in [0.1, 0.15) is 24.0 Å². The number of rotatable bonds is 11. The standard InChI is InChI=1S/C27H32F4N2.C17H18N2O4.C8H16.C2H4O/c1-4-8-17(9-5-2)18-13-21(28)25(22(29)14-18)27-26-20(12-16(3)33(27)15-24(30)31)19-10-6-7-11-23(19)32-26;1-3-9-7-11-12(8-10(9)4-2)17(23)19(16(11)22)13-5-6-14(20)18-15(13)21;1-7-3-5-8(2)6-4-7;1-2-3/h6-7,10-11,13-14,16-17,24,27,32H,4-5,8-9,12,15H2,1-3H3;7-8,13H,3-6H2,1-2H3,(H,18,20,21);7-8H,3-6H2,1-2H3;2H,1H3/t16-,27?;;;/m1.../s1. The molecule has 0 bridgehead atoms. The Kier molecular flexibility index (Phi) is 19.1. The van der Waals surface area contributed by atoms with Crippen LogP contribution in [-0.2, 0) is 33.6 Å². The van der Waals surface area contributed by atoms with E-state index in [4.69, 9.17) is 4.79 Å². The number of para-hydroxylation sites is 1. The van der Waals surface area contributed by atoms with Crippen molar-refractivity contribution < 1.29 is 41.5 Å². The van der Waals surface area contributed by atoms with Crippen molar-refractivity contribution in [2.24, 2.45) is 11.8 Å². The summed E-state index contributed by atoms with van der Waals surface area (Å²) in [4.78, 5) is 63.2. The minimum absolute atomic E-state index is 0.0872. The number of fused-ring (bicyclic) bond motifs is 4. The molecule has 13 heteroatoms. The van der Waals surface area contributed by atoms with Crippen LogP contribution in [-0.4, -0.2) is 69.8 Å². The Balaban J connectivity index is 0.000000212. The Morgan fingerprint density at radius 1 is 0.776 bits per heavy atom. The van der Waals surface area contributed by atoms with Gasteiger partial charge in [0.05, 0.1) is 23.7 Å². The SMILES string of the molecule is CC1CCC(C)CC1.CC=O.CCCC(CCC)c1cc(F)c(C2c3[nH]c4ccccc4c3C[C@@H](C)N2CC(F)F)c(F)c1.CCc1cc2c(cc1CC)C(=O)N(C1CCC(=O)NC1=O)C2=O. The van der Waals surface area contributed by atoms with Crippen LogP contribution in [0.5, 0.6) is 0 Å². The molecule has 3 aromatic carbocycles. The largest absolute Gasteiger partial charge is 0.357 e. The van der Waals surface area contributed by atoms with Crippen LogP contribution < -0.4 is 5.32 Å². The third kappa shape index (κ3) is 12.3. The van der Waals surface area contributed by atoms with Gasteiger partial charge in [0, 0.05) is 34.6 Å². The van der Waals surface area contributed by atoms with Crippen LogP contribution >= 0.6 is 0 Å². The number of aromatic amines is 1. The molecule has 8 rings (SSSR count). The van der Waals surface area contributed by atoms with Crippen molar-refractivity contribution in [2.45, 2.75) is 169 Å². The lowest BCUT2D eigenvalue weighted by atomic mass is 9.84. The molecular weight excluding hydrogens is 861 g/mol. The number of aromatic nitrogens is 1. The van der Waals surface area contributed by atoms with Crippen molar-refractivity contribution in [1.29, 1.82) is 0 Å². The summed E-state index contributed by atoms with van der Waals surface area (Å²) in [7, 11) is 0. The number of halogens is 4. The number of aryl methyl sites for hydroxylation is 2. The van der Waals surface area contributed by atoms with Crippen molar-refractivity contribution in [3.63, 3.8) is 0 Å². The molecule has 0 spiro atoms. The van der Waals surface area contributed by atoms with Gasteiger partial charge < -0.3 is 9.78 Å². The summed E-state index contributed by atoms with van der Waals surface area (Å²) in [5.74, 6) is -1.04. The average Bonchev–Trinajstić information content (AvgIpc) is 3.77. The van der Waals surface area contributed by atoms with E-state index in [2.05, 4.69) is 38.0 Å². The Morgan fingerprint density at radius 2 is 1.30 bits per heavy atom. The number of H-pyrrole nitrogens is 1. The van der Waals surface area contributed by atoms with E-state index in [9.17, 15) is 28.0 Å². The van der Waals surface area contributed by atoms with Crippen LogP contribution in [0.15, 0.2) is 48.5 Å². The molecular formula is C54H70F4N4O5. The minimum Gasteiger partial charge on any atom is -0.357 e. The van der Waals surface area contributed by atoms with Crippen molar-refractivity contribution in [1.82, 2.24) is 20.1 Å². The van der Waals surface area contributed by atoms with Crippen molar-refractivity contribution in [3.8, 4) is 0 Å². The normalized spacial score (nSPS) is 21.5. The molecule has 67 heavy (non-hydrogen) atoms. The van der Waals surface area contributed by atoms with Crippen LogP contribution in [0.4, 0.5) is 17.6 Å². The first-order valence-corrected chi connectivity index (χ1v) is 24.4.